The Balaban J connectivity index is 0.000000561. The van der Waals surface area contributed by atoms with Crippen LogP contribution >= 0.6 is 0 Å². The molecule has 1 rings (SSSR count). The minimum atomic E-state index is 1.14. The molecule has 68 valence electrons. The molecule has 0 saturated heterocycles. The highest BCUT2D eigenvalue weighted by Gasteiger charge is 2.09. The lowest BCUT2D eigenvalue weighted by Gasteiger charge is -1.96. The summed E-state index contributed by atoms with van der Waals surface area (Å²) in [6.07, 6.45) is 5.80. The Labute approximate surface area is 76.7 Å². The van der Waals surface area contributed by atoms with Crippen LogP contribution in [0.15, 0.2) is 36.0 Å². The summed E-state index contributed by atoms with van der Waals surface area (Å²) in [5.74, 6) is 0. The molecule has 1 fully saturated rings. The highest BCUT2D eigenvalue weighted by molar-refractivity contribution is 5.36. The highest BCUT2D eigenvalue weighted by Crippen LogP contribution is 2.29. The van der Waals surface area contributed by atoms with Gasteiger partial charge >= 0.3 is 0 Å². The van der Waals surface area contributed by atoms with Gasteiger partial charge in [0.1, 0.15) is 0 Å². The lowest BCUT2D eigenvalue weighted by Crippen LogP contribution is -1.76. The molecule has 0 radical (unpaired) electrons. The van der Waals surface area contributed by atoms with Crippen molar-refractivity contribution in [3.8, 4) is 0 Å². The predicted molar refractivity (Wildman–Crippen MR) is 57.2 cm³/mol. The molecule has 12 heavy (non-hydrogen) atoms. The molecule has 0 N–H and O–H groups in total. The first-order chi connectivity index (χ1) is 5.70. The molecule has 0 atom stereocenters. The average molecular weight is 164 g/mol. The third-order valence-corrected chi connectivity index (χ3v) is 1.80. The van der Waals surface area contributed by atoms with Gasteiger partial charge < -0.3 is 0 Å². The second-order valence-electron chi connectivity index (χ2n) is 2.97. The molecular formula is C12H20. The van der Waals surface area contributed by atoms with E-state index in [-0.39, 0.29) is 0 Å². The van der Waals surface area contributed by atoms with Crippen molar-refractivity contribution in [1.82, 2.24) is 0 Å². The maximum absolute atomic E-state index is 3.98. The van der Waals surface area contributed by atoms with Gasteiger partial charge in [0.25, 0.3) is 0 Å². The van der Waals surface area contributed by atoms with Crippen LogP contribution in [0.5, 0.6) is 0 Å². The van der Waals surface area contributed by atoms with E-state index in [2.05, 4.69) is 19.2 Å². The Morgan fingerprint density at radius 1 is 1.33 bits per heavy atom. The van der Waals surface area contributed by atoms with E-state index in [0.717, 1.165) is 5.57 Å². The van der Waals surface area contributed by atoms with Crippen LogP contribution in [0.2, 0.25) is 0 Å². The second kappa shape index (κ2) is 5.82. The molecule has 1 aliphatic rings. The molecule has 0 unspecified atom stereocenters. The van der Waals surface area contributed by atoms with Crippen LogP contribution < -0.4 is 0 Å². The normalized spacial score (nSPS) is 18.9. The van der Waals surface area contributed by atoms with Crippen LogP contribution in [-0.4, -0.2) is 0 Å². The van der Waals surface area contributed by atoms with Crippen molar-refractivity contribution in [2.24, 2.45) is 0 Å². The first kappa shape index (κ1) is 11.2. The van der Waals surface area contributed by atoms with Crippen molar-refractivity contribution in [2.45, 2.75) is 40.0 Å². The summed E-state index contributed by atoms with van der Waals surface area (Å²) < 4.78 is 0. The summed E-state index contributed by atoms with van der Waals surface area (Å²) in [5.41, 5.74) is 3.86. The fourth-order valence-corrected chi connectivity index (χ4v) is 1.30. The van der Waals surface area contributed by atoms with E-state index in [1.807, 2.05) is 20.8 Å². The molecule has 0 aromatic heterocycles. The van der Waals surface area contributed by atoms with E-state index in [0.29, 0.717) is 0 Å². The van der Waals surface area contributed by atoms with E-state index in [4.69, 9.17) is 0 Å². The van der Waals surface area contributed by atoms with Gasteiger partial charge in [0, 0.05) is 0 Å². The van der Waals surface area contributed by atoms with E-state index in [1.54, 1.807) is 0 Å². The van der Waals surface area contributed by atoms with Crippen LogP contribution in [0.25, 0.3) is 0 Å². The maximum Gasteiger partial charge on any atom is -0.0273 e. The van der Waals surface area contributed by atoms with Gasteiger partial charge in [0.15, 0.2) is 0 Å². The third-order valence-electron chi connectivity index (χ3n) is 1.80. The monoisotopic (exact) mass is 164 g/mol. The van der Waals surface area contributed by atoms with E-state index >= 15 is 0 Å². The van der Waals surface area contributed by atoms with Crippen LogP contribution in [0.1, 0.15) is 40.0 Å². The molecule has 1 saturated carbocycles. The molecule has 0 aromatic rings. The van der Waals surface area contributed by atoms with Gasteiger partial charge in [-0.15, -0.1) is 0 Å². The zero-order valence-corrected chi connectivity index (χ0v) is 8.61. The number of hydrogen-bond donors (Lipinski definition) is 0. The highest BCUT2D eigenvalue weighted by atomic mass is 14.1. The predicted octanol–water partition coefficient (Wildman–Crippen LogP) is 4.26. The fourth-order valence-electron chi connectivity index (χ4n) is 1.30. The quantitative estimate of drug-likeness (QED) is 0.543. The zero-order chi connectivity index (χ0) is 9.56. The average Bonchev–Trinajstić information content (AvgIpc) is 2.40. The molecule has 0 heterocycles. The SMILES string of the molecule is C=C(C)/C=C1/CCCC1=C.CC. The van der Waals surface area contributed by atoms with E-state index in [9.17, 15) is 0 Å². The largest absolute Gasteiger partial charge is 0.0961 e. The van der Waals surface area contributed by atoms with Crippen LogP contribution in [0.4, 0.5) is 0 Å². The first-order valence-corrected chi connectivity index (χ1v) is 4.74. The number of hydrogen-bond acceptors (Lipinski definition) is 0. The Kier molecular flexibility index (Phi) is 5.44. The summed E-state index contributed by atoms with van der Waals surface area (Å²) in [4.78, 5) is 0. The van der Waals surface area contributed by atoms with Gasteiger partial charge in [-0.1, -0.05) is 44.2 Å². The minimum Gasteiger partial charge on any atom is -0.0961 e. The molecule has 0 bridgehead atoms. The van der Waals surface area contributed by atoms with Crippen molar-refractivity contribution >= 4 is 0 Å². The molecule has 0 amide bonds. The summed E-state index contributed by atoms with van der Waals surface area (Å²) >= 11 is 0. The molecule has 0 aliphatic heterocycles. The molecule has 0 spiro atoms. The van der Waals surface area contributed by atoms with E-state index < -0.39 is 0 Å². The maximum atomic E-state index is 3.98. The van der Waals surface area contributed by atoms with E-state index in [1.165, 1.54) is 30.4 Å². The van der Waals surface area contributed by atoms with Gasteiger partial charge in [0.2, 0.25) is 0 Å². The van der Waals surface area contributed by atoms with Gasteiger partial charge in [-0.05, 0) is 31.8 Å². The summed E-state index contributed by atoms with van der Waals surface area (Å²) in [6, 6.07) is 0. The van der Waals surface area contributed by atoms with Crippen LogP contribution in [-0.2, 0) is 0 Å². The molecule has 0 nitrogen and oxygen atoms in total. The van der Waals surface area contributed by atoms with Crippen molar-refractivity contribution in [1.29, 1.82) is 0 Å². The van der Waals surface area contributed by atoms with Gasteiger partial charge in [0.05, 0.1) is 0 Å². The van der Waals surface area contributed by atoms with Gasteiger partial charge in [-0.25, -0.2) is 0 Å². The first-order valence-electron chi connectivity index (χ1n) is 4.74. The van der Waals surface area contributed by atoms with Crippen molar-refractivity contribution < 1.29 is 0 Å². The van der Waals surface area contributed by atoms with Crippen molar-refractivity contribution in [3.63, 3.8) is 0 Å². The van der Waals surface area contributed by atoms with Gasteiger partial charge in [-0.2, -0.15) is 0 Å². The van der Waals surface area contributed by atoms with Crippen molar-refractivity contribution in [2.75, 3.05) is 0 Å². The van der Waals surface area contributed by atoms with Gasteiger partial charge in [-0.3, -0.25) is 0 Å². The lowest BCUT2D eigenvalue weighted by atomic mass is 10.1. The van der Waals surface area contributed by atoms with Crippen LogP contribution in [0.3, 0.4) is 0 Å². The van der Waals surface area contributed by atoms with Crippen LogP contribution in [0, 0.1) is 0 Å². The minimum absolute atomic E-state index is 1.14. The fraction of sp³-hybridized carbons (Fsp3) is 0.500. The topological polar surface area (TPSA) is 0 Å². The molecule has 1 aliphatic carbocycles. The Morgan fingerprint density at radius 2 is 1.92 bits per heavy atom. The molecule has 0 heteroatoms. The standard InChI is InChI=1S/C10H14.C2H6/c1-8(2)7-10-6-4-5-9(10)3;1-2/h7H,1,3-6H2,2H3;1-2H3/b10-7-;. The zero-order valence-electron chi connectivity index (χ0n) is 8.61. The second-order valence-corrected chi connectivity index (χ2v) is 2.97. The molecule has 0 aromatic carbocycles. The summed E-state index contributed by atoms with van der Waals surface area (Å²) in [7, 11) is 0. The summed E-state index contributed by atoms with van der Waals surface area (Å²) in [5, 5.41) is 0. The Morgan fingerprint density at radius 3 is 2.25 bits per heavy atom. The number of allylic oxidation sites excluding steroid dienone is 4. The Hall–Kier alpha value is -0.780. The number of rotatable bonds is 1. The summed E-state index contributed by atoms with van der Waals surface area (Å²) in [6.45, 7) is 13.8. The Bertz CT molecular complexity index is 194. The smallest absolute Gasteiger partial charge is 0.0273 e. The molecular weight excluding hydrogens is 144 g/mol. The van der Waals surface area contributed by atoms with Crippen molar-refractivity contribution in [3.05, 3.63) is 36.0 Å². The lowest BCUT2D eigenvalue weighted by molar-refractivity contribution is 0.933. The third kappa shape index (κ3) is 3.56.